The molecule has 4 aromatic rings. The van der Waals surface area contributed by atoms with Gasteiger partial charge in [0.25, 0.3) is 0 Å². The number of hydrogen-bond donors (Lipinski definition) is 0. The Morgan fingerprint density at radius 2 is 1.17 bits per heavy atom. The van der Waals surface area contributed by atoms with Crippen molar-refractivity contribution in [3.8, 4) is 32.0 Å². The summed E-state index contributed by atoms with van der Waals surface area (Å²) in [5, 5.41) is 7.87. The number of benzene rings is 2. The molecule has 182 valence electrons. The first-order chi connectivity index (χ1) is 17.3. The Hall–Kier alpha value is -1.94. The lowest BCUT2D eigenvalue weighted by molar-refractivity contribution is 0.684. The number of hydrogen-bond acceptors (Lipinski definition) is 2. The van der Waals surface area contributed by atoms with E-state index in [1.807, 2.05) is 22.7 Å². The number of thiophene rings is 2. The van der Waals surface area contributed by atoms with Gasteiger partial charge in [0, 0.05) is 9.75 Å². The summed E-state index contributed by atoms with van der Waals surface area (Å²) in [6.45, 7) is 4.66. The van der Waals surface area contributed by atoms with E-state index >= 15 is 0 Å². The zero-order valence-electron chi connectivity index (χ0n) is 21.3. The Morgan fingerprint density at radius 3 is 1.74 bits per heavy atom. The smallest absolute Gasteiger partial charge is 0.119 e. The molecular weight excluding hydrogens is 477 g/mol. The van der Waals surface area contributed by atoms with Crippen LogP contribution in [0.2, 0.25) is 12.1 Å². The molecule has 2 aromatic carbocycles. The van der Waals surface area contributed by atoms with Crippen LogP contribution < -0.4 is 10.4 Å². The minimum Gasteiger partial charge on any atom is -0.144 e. The highest BCUT2D eigenvalue weighted by atomic mass is 32.1. The topological polar surface area (TPSA) is 0 Å². The molecule has 0 bridgehead atoms. The minimum absolute atomic E-state index is 1.31. The van der Waals surface area contributed by atoms with Crippen molar-refractivity contribution >= 4 is 41.1 Å². The predicted octanol–water partition coefficient (Wildman–Crippen LogP) is 9.85. The highest BCUT2D eigenvalue weighted by Gasteiger charge is 2.44. The molecule has 0 N–H and O–H groups in total. The van der Waals surface area contributed by atoms with E-state index in [1.54, 1.807) is 15.9 Å². The van der Waals surface area contributed by atoms with E-state index in [0.29, 0.717) is 0 Å². The molecule has 35 heavy (non-hydrogen) atoms. The van der Waals surface area contributed by atoms with Crippen molar-refractivity contribution < 1.29 is 0 Å². The van der Waals surface area contributed by atoms with Gasteiger partial charge in [-0.1, -0.05) is 108 Å². The summed E-state index contributed by atoms with van der Waals surface area (Å²) in [5.41, 5.74) is 5.88. The van der Waals surface area contributed by atoms with Gasteiger partial charge >= 0.3 is 0 Å². The van der Waals surface area contributed by atoms with E-state index in [4.69, 9.17) is 0 Å². The second-order valence-electron chi connectivity index (χ2n) is 10.2. The van der Waals surface area contributed by atoms with Crippen LogP contribution in [-0.4, -0.2) is 8.07 Å². The maximum atomic E-state index is 2.62. The number of fused-ring (bicyclic) bond motifs is 3. The molecule has 0 saturated heterocycles. The molecule has 0 spiro atoms. The first-order valence-corrected chi connectivity index (χ1v) is 17.8. The van der Waals surface area contributed by atoms with Crippen LogP contribution in [0.5, 0.6) is 0 Å². The van der Waals surface area contributed by atoms with Gasteiger partial charge in [-0.05, 0) is 73.7 Å². The van der Waals surface area contributed by atoms with Crippen LogP contribution in [0.25, 0.3) is 32.0 Å². The Balaban J connectivity index is 1.63. The highest BCUT2D eigenvalue weighted by molar-refractivity contribution is 7.14. The van der Waals surface area contributed by atoms with E-state index in [1.165, 1.54) is 89.9 Å². The second-order valence-corrected chi connectivity index (χ2v) is 16.3. The first-order valence-electron chi connectivity index (χ1n) is 13.6. The molecule has 5 rings (SSSR count). The van der Waals surface area contributed by atoms with E-state index < -0.39 is 8.07 Å². The monoisotopic (exact) mass is 514 g/mol. The Morgan fingerprint density at radius 1 is 0.571 bits per heavy atom. The van der Waals surface area contributed by atoms with E-state index in [9.17, 15) is 0 Å². The van der Waals surface area contributed by atoms with Gasteiger partial charge in [-0.3, -0.25) is 0 Å². The van der Waals surface area contributed by atoms with Crippen LogP contribution in [-0.2, 0) is 0 Å². The van der Waals surface area contributed by atoms with Gasteiger partial charge in [-0.2, -0.15) is 0 Å². The zero-order valence-corrected chi connectivity index (χ0v) is 23.9. The van der Waals surface area contributed by atoms with E-state index in [-0.39, 0.29) is 0 Å². The van der Waals surface area contributed by atoms with Crippen molar-refractivity contribution in [1.82, 2.24) is 0 Å². The standard InChI is InChI=1S/C32H38S2Si/c1-3-5-7-9-21-35(22-10-8-6-4-2)31-18-16-25(29-13-11-19-33-29)23-28(31)27-17-15-26(24-32(27)35)30-14-12-20-34-30/h11-20,23-24H,3-10,21-22H2,1-2H3. The van der Waals surface area contributed by atoms with Gasteiger partial charge in [0.15, 0.2) is 0 Å². The summed E-state index contributed by atoms with van der Waals surface area (Å²) in [4.78, 5) is 2.79. The summed E-state index contributed by atoms with van der Waals surface area (Å²) >= 11 is 3.73. The predicted molar refractivity (Wildman–Crippen MR) is 161 cm³/mol. The molecule has 3 heteroatoms. The van der Waals surface area contributed by atoms with Gasteiger partial charge in [0.1, 0.15) is 8.07 Å². The third-order valence-corrected chi connectivity index (χ3v) is 15.1. The third-order valence-electron chi connectivity index (χ3n) is 7.89. The van der Waals surface area contributed by atoms with Gasteiger partial charge in [-0.15, -0.1) is 22.7 Å². The average Bonchev–Trinajstić information content (AvgIpc) is 3.66. The summed E-state index contributed by atoms with van der Waals surface area (Å²) < 4.78 is 0. The molecule has 0 saturated carbocycles. The summed E-state index contributed by atoms with van der Waals surface area (Å²) in [5.74, 6) is 0. The second kappa shape index (κ2) is 11.4. The highest BCUT2D eigenvalue weighted by Crippen LogP contribution is 2.39. The lowest BCUT2D eigenvalue weighted by Crippen LogP contribution is -2.55. The Kier molecular flexibility index (Phi) is 8.06. The summed E-state index contributed by atoms with van der Waals surface area (Å²) in [7, 11) is -1.82. The van der Waals surface area contributed by atoms with Crippen LogP contribution in [0, 0.1) is 0 Å². The molecule has 0 radical (unpaired) electrons. The average molecular weight is 515 g/mol. The zero-order chi connectivity index (χ0) is 24.1. The van der Waals surface area contributed by atoms with Gasteiger partial charge < -0.3 is 0 Å². The maximum absolute atomic E-state index is 2.62. The van der Waals surface area contributed by atoms with Crippen molar-refractivity contribution in [2.75, 3.05) is 0 Å². The van der Waals surface area contributed by atoms with E-state index in [0.717, 1.165) is 0 Å². The van der Waals surface area contributed by atoms with Crippen molar-refractivity contribution in [2.45, 2.75) is 77.3 Å². The molecule has 0 nitrogen and oxygen atoms in total. The minimum atomic E-state index is -1.82. The number of unbranched alkanes of at least 4 members (excludes halogenated alkanes) is 6. The van der Waals surface area contributed by atoms with Gasteiger partial charge in [0.05, 0.1) is 0 Å². The van der Waals surface area contributed by atoms with Gasteiger partial charge in [0.2, 0.25) is 0 Å². The van der Waals surface area contributed by atoms with Crippen LogP contribution in [0.4, 0.5) is 0 Å². The fraction of sp³-hybridized carbons (Fsp3) is 0.375. The lowest BCUT2D eigenvalue weighted by atomic mass is 10.0. The first kappa shape index (κ1) is 24.7. The quantitative estimate of drug-likeness (QED) is 0.130. The maximum Gasteiger partial charge on any atom is 0.119 e. The molecule has 0 aliphatic carbocycles. The van der Waals surface area contributed by atoms with Crippen LogP contribution in [0.1, 0.15) is 65.2 Å². The van der Waals surface area contributed by atoms with Crippen molar-refractivity contribution in [3.05, 3.63) is 71.4 Å². The van der Waals surface area contributed by atoms with Crippen molar-refractivity contribution in [3.63, 3.8) is 0 Å². The third kappa shape index (κ3) is 5.01. The molecule has 1 aliphatic heterocycles. The van der Waals surface area contributed by atoms with E-state index in [2.05, 4.69) is 85.3 Å². The molecule has 0 amide bonds. The lowest BCUT2D eigenvalue weighted by Gasteiger charge is -2.31. The Bertz CT molecular complexity index is 1210. The fourth-order valence-electron chi connectivity index (χ4n) is 6.07. The molecule has 0 unspecified atom stereocenters. The van der Waals surface area contributed by atoms with Crippen molar-refractivity contribution in [1.29, 1.82) is 0 Å². The number of rotatable bonds is 12. The molecule has 3 heterocycles. The Labute approximate surface area is 221 Å². The summed E-state index contributed by atoms with van der Waals surface area (Å²) in [6.07, 6.45) is 10.9. The normalized spacial score (nSPS) is 13.7. The molecular formula is C32H38S2Si. The van der Waals surface area contributed by atoms with Crippen LogP contribution in [0.3, 0.4) is 0 Å². The summed E-state index contributed by atoms with van der Waals surface area (Å²) in [6, 6.07) is 26.7. The molecule has 1 aliphatic rings. The SMILES string of the molecule is CCCCCC[Si]1(CCCCCC)c2ccc(-c3cccs3)cc2-c2ccc(-c3cccs3)cc21. The molecule has 0 atom stereocenters. The molecule has 2 aromatic heterocycles. The van der Waals surface area contributed by atoms with Gasteiger partial charge in [-0.25, -0.2) is 0 Å². The largest absolute Gasteiger partial charge is 0.144 e. The fourth-order valence-corrected chi connectivity index (χ4v) is 13.1. The van der Waals surface area contributed by atoms with Crippen LogP contribution in [0.15, 0.2) is 71.4 Å². The molecule has 0 fully saturated rings. The van der Waals surface area contributed by atoms with Crippen molar-refractivity contribution in [2.24, 2.45) is 0 Å². The van der Waals surface area contributed by atoms with Crippen LogP contribution >= 0.6 is 22.7 Å².